The molecular weight excluding hydrogens is 304 g/mol. The van der Waals surface area contributed by atoms with Crippen LogP contribution in [-0.4, -0.2) is 54.4 Å². The molecule has 0 saturated carbocycles. The fourth-order valence-corrected chi connectivity index (χ4v) is 4.05. The second-order valence-corrected chi connectivity index (χ2v) is 8.87. The van der Waals surface area contributed by atoms with Crippen molar-refractivity contribution < 1.29 is 13.2 Å². The maximum Gasteiger partial charge on any atom is 0.254 e. The van der Waals surface area contributed by atoms with Crippen LogP contribution in [-0.2, 0) is 9.84 Å². The maximum absolute atomic E-state index is 12.0. The molecule has 1 amide bonds. The van der Waals surface area contributed by atoms with Crippen molar-refractivity contribution in [2.24, 2.45) is 0 Å². The van der Waals surface area contributed by atoms with E-state index in [-0.39, 0.29) is 29.0 Å². The third kappa shape index (κ3) is 4.16. The summed E-state index contributed by atoms with van der Waals surface area (Å²) in [5.41, 5.74) is 0.0520. The van der Waals surface area contributed by atoms with E-state index in [2.05, 4.69) is 15.3 Å². The fourth-order valence-electron chi connectivity index (χ4n) is 2.28. The standard InChI is InChI=1S/C14H22N4O3S/c1-14(2,3)17-12(19)10-7-15-13(16-8-10)18(4)11-5-6-22(20,21)9-11/h7-8,11H,5-6,9H2,1-4H3,(H,17,19). The molecule has 0 aliphatic carbocycles. The first-order valence-electron chi connectivity index (χ1n) is 7.15. The van der Waals surface area contributed by atoms with Crippen LogP contribution < -0.4 is 10.2 Å². The lowest BCUT2D eigenvalue weighted by atomic mass is 10.1. The van der Waals surface area contributed by atoms with E-state index in [0.717, 1.165) is 0 Å². The molecule has 2 rings (SSSR count). The Labute approximate surface area is 131 Å². The van der Waals surface area contributed by atoms with Crippen LogP contribution in [0.3, 0.4) is 0 Å². The molecule has 1 aliphatic rings. The summed E-state index contributed by atoms with van der Waals surface area (Å²) in [5, 5.41) is 2.84. The molecule has 1 aliphatic heterocycles. The molecule has 1 atom stereocenters. The van der Waals surface area contributed by atoms with Gasteiger partial charge >= 0.3 is 0 Å². The number of hydrogen-bond donors (Lipinski definition) is 1. The molecule has 0 bridgehead atoms. The summed E-state index contributed by atoms with van der Waals surface area (Å²) in [6.45, 7) is 5.69. The minimum absolute atomic E-state index is 0.112. The molecule has 0 radical (unpaired) electrons. The quantitative estimate of drug-likeness (QED) is 0.876. The first-order chi connectivity index (χ1) is 10.1. The number of amides is 1. The molecule has 1 fully saturated rings. The van der Waals surface area contributed by atoms with E-state index in [4.69, 9.17) is 0 Å². The Morgan fingerprint density at radius 2 is 1.91 bits per heavy atom. The zero-order chi connectivity index (χ0) is 16.5. The highest BCUT2D eigenvalue weighted by molar-refractivity contribution is 7.91. The Balaban J connectivity index is 2.07. The number of aromatic nitrogens is 2. The normalized spacial score (nSPS) is 20.6. The molecule has 1 aromatic rings. The van der Waals surface area contributed by atoms with Gasteiger partial charge in [0.2, 0.25) is 5.95 Å². The lowest BCUT2D eigenvalue weighted by Crippen LogP contribution is -2.40. The lowest BCUT2D eigenvalue weighted by Gasteiger charge is -2.23. The molecule has 1 unspecified atom stereocenters. The largest absolute Gasteiger partial charge is 0.347 e. The molecule has 1 aromatic heterocycles. The summed E-state index contributed by atoms with van der Waals surface area (Å²) in [7, 11) is -1.18. The van der Waals surface area contributed by atoms with Gasteiger partial charge in [-0.2, -0.15) is 0 Å². The summed E-state index contributed by atoms with van der Waals surface area (Å²) < 4.78 is 23.1. The van der Waals surface area contributed by atoms with Gasteiger partial charge in [0.15, 0.2) is 9.84 Å². The molecule has 0 aromatic carbocycles. The topological polar surface area (TPSA) is 92.3 Å². The number of anilines is 1. The first-order valence-corrected chi connectivity index (χ1v) is 8.97. The van der Waals surface area contributed by atoms with E-state index >= 15 is 0 Å². The first kappa shape index (κ1) is 16.7. The highest BCUT2D eigenvalue weighted by Gasteiger charge is 2.31. The zero-order valence-corrected chi connectivity index (χ0v) is 14.1. The Morgan fingerprint density at radius 3 is 2.36 bits per heavy atom. The second kappa shape index (κ2) is 5.83. The Morgan fingerprint density at radius 1 is 1.32 bits per heavy atom. The van der Waals surface area contributed by atoms with E-state index in [0.29, 0.717) is 17.9 Å². The molecular formula is C14H22N4O3S. The van der Waals surface area contributed by atoms with Gasteiger partial charge in [0.25, 0.3) is 5.91 Å². The van der Waals surface area contributed by atoms with Crippen LogP contribution in [0.15, 0.2) is 12.4 Å². The van der Waals surface area contributed by atoms with Gasteiger partial charge in [0.05, 0.1) is 17.1 Å². The van der Waals surface area contributed by atoms with Gasteiger partial charge in [-0.3, -0.25) is 4.79 Å². The van der Waals surface area contributed by atoms with Gasteiger partial charge in [0.1, 0.15) is 0 Å². The number of nitrogens with zero attached hydrogens (tertiary/aromatic N) is 3. The lowest BCUT2D eigenvalue weighted by molar-refractivity contribution is 0.0919. The Kier molecular flexibility index (Phi) is 4.42. The van der Waals surface area contributed by atoms with Crippen LogP contribution in [0.5, 0.6) is 0 Å². The van der Waals surface area contributed by atoms with Crippen molar-refractivity contribution in [3.63, 3.8) is 0 Å². The van der Waals surface area contributed by atoms with Crippen molar-refractivity contribution in [2.45, 2.75) is 38.8 Å². The van der Waals surface area contributed by atoms with Gasteiger partial charge in [-0.25, -0.2) is 18.4 Å². The molecule has 122 valence electrons. The van der Waals surface area contributed by atoms with Crippen molar-refractivity contribution in [3.8, 4) is 0 Å². The van der Waals surface area contributed by atoms with Crippen molar-refractivity contribution in [1.29, 1.82) is 0 Å². The molecule has 22 heavy (non-hydrogen) atoms. The molecule has 1 saturated heterocycles. The molecule has 7 nitrogen and oxygen atoms in total. The molecule has 0 spiro atoms. The fraction of sp³-hybridized carbons (Fsp3) is 0.643. The van der Waals surface area contributed by atoms with E-state index in [1.54, 1.807) is 11.9 Å². The summed E-state index contributed by atoms with van der Waals surface area (Å²) >= 11 is 0. The monoisotopic (exact) mass is 326 g/mol. The molecule has 8 heteroatoms. The van der Waals surface area contributed by atoms with E-state index < -0.39 is 9.84 Å². The average molecular weight is 326 g/mol. The minimum Gasteiger partial charge on any atom is -0.347 e. The second-order valence-electron chi connectivity index (χ2n) is 6.64. The van der Waals surface area contributed by atoms with Crippen molar-refractivity contribution in [1.82, 2.24) is 15.3 Å². The van der Waals surface area contributed by atoms with Gasteiger partial charge in [-0.05, 0) is 27.2 Å². The zero-order valence-electron chi connectivity index (χ0n) is 13.3. The van der Waals surface area contributed by atoms with Gasteiger partial charge in [-0.1, -0.05) is 0 Å². The highest BCUT2D eigenvalue weighted by Crippen LogP contribution is 2.19. The van der Waals surface area contributed by atoms with Gasteiger partial charge in [0, 0.05) is 31.0 Å². The van der Waals surface area contributed by atoms with Crippen molar-refractivity contribution >= 4 is 21.7 Å². The number of rotatable bonds is 3. The number of sulfone groups is 1. The smallest absolute Gasteiger partial charge is 0.254 e. The average Bonchev–Trinajstić information content (AvgIpc) is 2.76. The van der Waals surface area contributed by atoms with E-state index in [1.165, 1.54) is 12.4 Å². The summed E-state index contributed by atoms with van der Waals surface area (Å²) in [5.74, 6) is 0.521. The van der Waals surface area contributed by atoms with E-state index in [9.17, 15) is 13.2 Å². The van der Waals surface area contributed by atoms with E-state index in [1.807, 2.05) is 20.8 Å². The number of carbonyl (C=O) groups excluding carboxylic acids is 1. The van der Waals surface area contributed by atoms with Crippen molar-refractivity contribution in [2.75, 3.05) is 23.5 Å². The van der Waals surface area contributed by atoms with Crippen LogP contribution in [0.4, 0.5) is 5.95 Å². The summed E-state index contributed by atoms with van der Waals surface area (Å²) in [4.78, 5) is 22.1. The van der Waals surface area contributed by atoms with Gasteiger partial charge < -0.3 is 10.2 Å². The van der Waals surface area contributed by atoms with Crippen LogP contribution >= 0.6 is 0 Å². The Bertz CT molecular complexity index is 650. The van der Waals surface area contributed by atoms with Gasteiger partial charge in [-0.15, -0.1) is 0 Å². The molecule has 1 N–H and O–H groups in total. The van der Waals surface area contributed by atoms with Crippen LogP contribution in [0.2, 0.25) is 0 Å². The highest BCUT2D eigenvalue weighted by atomic mass is 32.2. The van der Waals surface area contributed by atoms with Crippen LogP contribution in [0.25, 0.3) is 0 Å². The van der Waals surface area contributed by atoms with Crippen LogP contribution in [0, 0.1) is 0 Å². The number of hydrogen-bond acceptors (Lipinski definition) is 6. The SMILES string of the molecule is CN(c1ncc(C(=O)NC(C)(C)C)cn1)C1CCS(=O)(=O)C1. The number of carbonyl (C=O) groups is 1. The summed E-state index contributed by atoms with van der Waals surface area (Å²) in [6, 6.07) is -0.112. The summed E-state index contributed by atoms with van der Waals surface area (Å²) in [6.07, 6.45) is 3.50. The predicted molar refractivity (Wildman–Crippen MR) is 84.7 cm³/mol. The van der Waals surface area contributed by atoms with Crippen molar-refractivity contribution in [3.05, 3.63) is 18.0 Å². The number of nitrogens with one attached hydrogen (secondary N) is 1. The predicted octanol–water partition coefficient (Wildman–Crippen LogP) is 0.628. The molecule has 2 heterocycles. The Hall–Kier alpha value is -1.70. The third-order valence-corrected chi connectivity index (χ3v) is 5.21. The third-order valence-electron chi connectivity index (χ3n) is 3.46. The minimum atomic E-state index is -2.95. The maximum atomic E-state index is 12.0. The van der Waals surface area contributed by atoms with Crippen LogP contribution in [0.1, 0.15) is 37.6 Å².